The summed E-state index contributed by atoms with van der Waals surface area (Å²) < 4.78 is 1.88. The van der Waals surface area contributed by atoms with E-state index in [-0.39, 0.29) is 0 Å². The fraction of sp³-hybridized carbons (Fsp3) is 0.0476. The molecule has 0 bridgehead atoms. The SMILES string of the molecule is Cc1ccc(-c2nc(-c3ccc(Cl)cc3)nn2-c2ccccc2)cc1. The summed E-state index contributed by atoms with van der Waals surface area (Å²) in [6, 6.07) is 25.9. The number of halogens is 1. The van der Waals surface area contributed by atoms with Crippen molar-refractivity contribution in [3.8, 4) is 28.5 Å². The topological polar surface area (TPSA) is 30.7 Å². The van der Waals surface area contributed by atoms with Gasteiger partial charge in [-0.05, 0) is 43.3 Å². The number of rotatable bonds is 3. The molecule has 1 heterocycles. The molecule has 0 fully saturated rings. The zero-order valence-corrected chi connectivity index (χ0v) is 14.5. The maximum atomic E-state index is 6.00. The van der Waals surface area contributed by atoms with Crippen molar-refractivity contribution in [1.82, 2.24) is 14.8 Å². The molecule has 4 aromatic rings. The van der Waals surface area contributed by atoms with Gasteiger partial charge in [0.25, 0.3) is 0 Å². The van der Waals surface area contributed by atoms with E-state index in [1.54, 1.807) is 0 Å². The van der Waals surface area contributed by atoms with Crippen LogP contribution in [0.25, 0.3) is 28.5 Å². The van der Waals surface area contributed by atoms with Gasteiger partial charge in [-0.15, -0.1) is 5.10 Å². The first-order chi connectivity index (χ1) is 12.2. The second-order valence-corrected chi connectivity index (χ2v) is 6.32. The van der Waals surface area contributed by atoms with Crippen molar-refractivity contribution in [3.63, 3.8) is 0 Å². The van der Waals surface area contributed by atoms with Gasteiger partial charge in [0.15, 0.2) is 11.6 Å². The normalized spacial score (nSPS) is 10.8. The van der Waals surface area contributed by atoms with Crippen LogP contribution >= 0.6 is 11.6 Å². The first-order valence-electron chi connectivity index (χ1n) is 8.06. The van der Waals surface area contributed by atoms with Crippen LogP contribution in [0.3, 0.4) is 0 Å². The van der Waals surface area contributed by atoms with E-state index in [9.17, 15) is 0 Å². The molecular formula is C21H16ClN3. The quantitative estimate of drug-likeness (QED) is 0.486. The van der Waals surface area contributed by atoms with Crippen LogP contribution in [0.4, 0.5) is 0 Å². The number of aryl methyl sites for hydroxylation is 1. The van der Waals surface area contributed by atoms with E-state index < -0.39 is 0 Å². The number of hydrogen-bond acceptors (Lipinski definition) is 2. The number of nitrogens with zero attached hydrogens (tertiary/aromatic N) is 3. The van der Waals surface area contributed by atoms with E-state index in [0.717, 1.165) is 22.6 Å². The molecular weight excluding hydrogens is 330 g/mol. The Bertz CT molecular complexity index is 988. The summed E-state index contributed by atoms with van der Waals surface area (Å²) in [5.74, 6) is 1.49. The molecule has 0 aliphatic rings. The van der Waals surface area contributed by atoms with Gasteiger partial charge in [-0.3, -0.25) is 0 Å². The Balaban J connectivity index is 1.89. The predicted molar refractivity (Wildman–Crippen MR) is 102 cm³/mol. The van der Waals surface area contributed by atoms with Crippen molar-refractivity contribution < 1.29 is 0 Å². The third kappa shape index (κ3) is 3.19. The van der Waals surface area contributed by atoms with Crippen molar-refractivity contribution >= 4 is 11.6 Å². The molecule has 1 aromatic heterocycles. The molecule has 4 rings (SSSR count). The lowest BCUT2D eigenvalue weighted by atomic mass is 10.1. The third-order valence-corrected chi connectivity index (χ3v) is 4.27. The number of benzene rings is 3. The lowest BCUT2D eigenvalue weighted by molar-refractivity contribution is 0.890. The Morgan fingerprint density at radius 2 is 1.40 bits per heavy atom. The molecule has 0 saturated heterocycles. The molecule has 122 valence electrons. The fourth-order valence-electron chi connectivity index (χ4n) is 2.67. The van der Waals surface area contributed by atoms with Gasteiger partial charge in [0.1, 0.15) is 0 Å². The molecule has 0 radical (unpaired) electrons. The van der Waals surface area contributed by atoms with Gasteiger partial charge in [-0.2, -0.15) is 0 Å². The van der Waals surface area contributed by atoms with E-state index >= 15 is 0 Å². The minimum Gasteiger partial charge on any atom is -0.213 e. The molecule has 0 N–H and O–H groups in total. The second kappa shape index (κ2) is 6.54. The average molecular weight is 346 g/mol. The summed E-state index contributed by atoms with van der Waals surface area (Å²) in [4.78, 5) is 4.80. The molecule has 3 aromatic carbocycles. The monoisotopic (exact) mass is 345 g/mol. The minimum absolute atomic E-state index is 0.677. The molecule has 0 unspecified atom stereocenters. The standard InChI is InChI=1S/C21H16ClN3/c1-15-7-9-17(10-8-15)21-23-20(16-11-13-18(22)14-12-16)24-25(21)19-5-3-2-4-6-19/h2-14H,1H3. The van der Waals surface area contributed by atoms with Crippen molar-refractivity contribution in [2.45, 2.75) is 6.92 Å². The predicted octanol–water partition coefficient (Wildman–Crippen LogP) is 5.56. The molecule has 0 amide bonds. The summed E-state index contributed by atoms with van der Waals surface area (Å²) in [6.07, 6.45) is 0. The van der Waals surface area contributed by atoms with Crippen molar-refractivity contribution in [1.29, 1.82) is 0 Å². The Morgan fingerprint density at radius 1 is 0.760 bits per heavy atom. The largest absolute Gasteiger partial charge is 0.213 e. The maximum Gasteiger partial charge on any atom is 0.182 e. The van der Waals surface area contributed by atoms with E-state index in [0.29, 0.717) is 10.8 Å². The van der Waals surface area contributed by atoms with Crippen LogP contribution in [0, 0.1) is 6.92 Å². The molecule has 25 heavy (non-hydrogen) atoms. The van der Waals surface area contributed by atoms with Crippen LogP contribution in [0.5, 0.6) is 0 Å². The zero-order chi connectivity index (χ0) is 17.2. The van der Waals surface area contributed by atoms with Gasteiger partial charge < -0.3 is 0 Å². The fourth-order valence-corrected chi connectivity index (χ4v) is 2.80. The molecule has 4 heteroatoms. The van der Waals surface area contributed by atoms with Crippen molar-refractivity contribution in [2.75, 3.05) is 0 Å². The Hall–Kier alpha value is -2.91. The van der Waals surface area contributed by atoms with Crippen molar-refractivity contribution in [3.05, 3.63) is 89.4 Å². The van der Waals surface area contributed by atoms with Crippen LogP contribution < -0.4 is 0 Å². The summed E-state index contributed by atoms with van der Waals surface area (Å²) in [6.45, 7) is 2.07. The lowest BCUT2D eigenvalue weighted by Gasteiger charge is -2.05. The van der Waals surface area contributed by atoms with Crippen LogP contribution in [-0.2, 0) is 0 Å². The number of para-hydroxylation sites is 1. The highest BCUT2D eigenvalue weighted by Gasteiger charge is 2.14. The summed E-state index contributed by atoms with van der Waals surface area (Å²) in [5.41, 5.74) is 4.16. The summed E-state index contributed by atoms with van der Waals surface area (Å²) in [5, 5.41) is 5.44. The third-order valence-electron chi connectivity index (χ3n) is 4.02. The van der Waals surface area contributed by atoms with Crippen LogP contribution in [0.1, 0.15) is 5.56 Å². The molecule has 0 aliphatic heterocycles. The highest BCUT2D eigenvalue weighted by Crippen LogP contribution is 2.26. The summed E-state index contributed by atoms with van der Waals surface area (Å²) in [7, 11) is 0. The second-order valence-electron chi connectivity index (χ2n) is 5.88. The highest BCUT2D eigenvalue weighted by atomic mass is 35.5. The average Bonchev–Trinajstić information content (AvgIpc) is 3.09. The van der Waals surface area contributed by atoms with Crippen molar-refractivity contribution in [2.24, 2.45) is 0 Å². The molecule has 0 saturated carbocycles. The number of hydrogen-bond donors (Lipinski definition) is 0. The van der Waals surface area contributed by atoms with Gasteiger partial charge in [0, 0.05) is 16.1 Å². The first kappa shape index (κ1) is 15.6. The molecule has 0 atom stereocenters. The van der Waals surface area contributed by atoms with E-state index in [1.807, 2.05) is 59.3 Å². The highest BCUT2D eigenvalue weighted by molar-refractivity contribution is 6.30. The van der Waals surface area contributed by atoms with Gasteiger partial charge in [-0.1, -0.05) is 59.6 Å². The first-order valence-corrected chi connectivity index (χ1v) is 8.44. The van der Waals surface area contributed by atoms with Crippen LogP contribution in [0.2, 0.25) is 5.02 Å². The van der Waals surface area contributed by atoms with Crippen LogP contribution in [0.15, 0.2) is 78.9 Å². The minimum atomic E-state index is 0.677. The number of aromatic nitrogens is 3. The summed E-state index contributed by atoms with van der Waals surface area (Å²) >= 11 is 6.00. The van der Waals surface area contributed by atoms with Gasteiger partial charge >= 0.3 is 0 Å². The molecule has 3 nitrogen and oxygen atoms in total. The van der Waals surface area contributed by atoms with Gasteiger partial charge in [-0.25, -0.2) is 9.67 Å². The maximum absolute atomic E-state index is 6.00. The van der Waals surface area contributed by atoms with Gasteiger partial charge in [0.2, 0.25) is 0 Å². The zero-order valence-electron chi connectivity index (χ0n) is 13.7. The van der Waals surface area contributed by atoms with E-state index in [4.69, 9.17) is 21.7 Å². The van der Waals surface area contributed by atoms with E-state index in [1.165, 1.54) is 5.56 Å². The Kier molecular flexibility index (Phi) is 4.08. The van der Waals surface area contributed by atoms with E-state index in [2.05, 4.69) is 31.2 Å². The smallest absolute Gasteiger partial charge is 0.182 e. The Morgan fingerprint density at radius 3 is 2.08 bits per heavy atom. The van der Waals surface area contributed by atoms with Crippen LogP contribution in [-0.4, -0.2) is 14.8 Å². The lowest BCUT2D eigenvalue weighted by Crippen LogP contribution is -1.99. The Labute approximate surface area is 151 Å². The molecule has 0 spiro atoms. The molecule has 0 aliphatic carbocycles. The van der Waals surface area contributed by atoms with Gasteiger partial charge in [0.05, 0.1) is 5.69 Å².